The number of anilines is 1. The average molecular weight is 484 g/mol. The highest BCUT2D eigenvalue weighted by atomic mass is 35.5. The van der Waals surface area contributed by atoms with Gasteiger partial charge in [-0.25, -0.2) is 12.8 Å². The van der Waals surface area contributed by atoms with Crippen molar-refractivity contribution in [3.05, 3.63) is 64.9 Å². The summed E-state index contributed by atoms with van der Waals surface area (Å²) in [6.07, 6.45) is 1.66. The molecule has 1 N–H and O–H groups in total. The van der Waals surface area contributed by atoms with Gasteiger partial charge in [0.05, 0.1) is 11.9 Å². The van der Waals surface area contributed by atoms with Gasteiger partial charge in [0, 0.05) is 18.1 Å². The van der Waals surface area contributed by atoms with Crippen LogP contribution in [0.5, 0.6) is 0 Å². The number of nitrogens with one attached hydrogen (secondary N) is 1. The SMILES string of the molecule is CCCNC(=O)[C@@H](C)N(Cc1cccc(Cl)c1)C(=O)CN(c1cccc(F)c1)S(C)(=O)=O. The summed E-state index contributed by atoms with van der Waals surface area (Å²) >= 11 is 6.05. The standard InChI is InChI=1S/C22H27ClFN3O4S/c1-4-11-25-22(29)16(2)26(14-17-7-5-8-18(23)12-17)21(28)15-27(32(3,30)31)20-10-6-9-19(24)13-20/h5-10,12-13,16H,4,11,14-15H2,1-3H3,(H,25,29)/t16-/m1/s1. The number of carbonyl (C=O) groups excluding carboxylic acids is 2. The lowest BCUT2D eigenvalue weighted by Gasteiger charge is -2.31. The van der Waals surface area contributed by atoms with Crippen LogP contribution in [0.2, 0.25) is 5.02 Å². The summed E-state index contributed by atoms with van der Waals surface area (Å²) in [6, 6.07) is 10.9. The van der Waals surface area contributed by atoms with Crippen LogP contribution in [0.3, 0.4) is 0 Å². The van der Waals surface area contributed by atoms with E-state index < -0.39 is 34.3 Å². The highest BCUT2D eigenvalue weighted by Gasteiger charge is 2.30. The van der Waals surface area contributed by atoms with Gasteiger partial charge in [0.15, 0.2) is 0 Å². The summed E-state index contributed by atoms with van der Waals surface area (Å²) in [4.78, 5) is 27.2. The van der Waals surface area contributed by atoms with Gasteiger partial charge >= 0.3 is 0 Å². The van der Waals surface area contributed by atoms with Crippen LogP contribution in [-0.2, 0) is 26.2 Å². The fraction of sp³-hybridized carbons (Fsp3) is 0.364. The maximum absolute atomic E-state index is 13.7. The Bertz CT molecular complexity index is 1060. The van der Waals surface area contributed by atoms with Crippen molar-refractivity contribution in [2.45, 2.75) is 32.9 Å². The van der Waals surface area contributed by atoms with Crippen LogP contribution in [0, 0.1) is 5.82 Å². The van der Waals surface area contributed by atoms with Gasteiger partial charge in [0.2, 0.25) is 21.8 Å². The Labute approximate surface area is 193 Å². The second-order valence-electron chi connectivity index (χ2n) is 7.37. The summed E-state index contributed by atoms with van der Waals surface area (Å²) in [7, 11) is -3.91. The number of amides is 2. The summed E-state index contributed by atoms with van der Waals surface area (Å²) in [5, 5.41) is 3.22. The van der Waals surface area contributed by atoms with Crippen molar-refractivity contribution in [1.82, 2.24) is 10.2 Å². The first kappa shape index (κ1) is 25.6. The third kappa shape index (κ3) is 7.20. The van der Waals surface area contributed by atoms with E-state index in [4.69, 9.17) is 11.6 Å². The van der Waals surface area contributed by atoms with Crippen LogP contribution < -0.4 is 9.62 Å². The smallest absolute Gasteiger partial charge is 0.244 e. The molecule has 2 amide bonds. The molecule has 7 nitrogen and oxygen atoms in total. The first-order valence-electron chi connectivity index (χ1n) is 10.1. The van der Waals surface area contributed by atoms with Crippen LogP contribution in [0.1, 0.15) is 25.8 Å². The molecule has 0 bridgehead atoms. The number of rotatable bonds is 10. The summed E-state index contributed by atoms with van der Waals surface area (Å²) in [5.41, 5.74) is 0.698. The van der Waals surface area contributed by atoms with E-state index in [0.29, 0.717) is 17.1 Å². The second kappa shape index (κ2) is 11.3. The lowest BCUT2D eigenvalue weighted by molar-refractivity contribution is -0.139. The van der Waals surface area contributed by atoms with Crippen LogP contribution >= 0.6 is 11.6 Å². The van der Waals surface area contributed by atoms with E-state index in [1.165, 1.54) is 23.1 Å². The highest BCUT2D eigenvalue weighted by Crippen LogP contribution is 2.20. The number of carbonyl (C=O) groups is 2. The van der Waals surface area contributed by atoms with Crippen molar-refractivity contribution in [2.24, 2.45) is 0 Å². The molecular weight excluding hydrogens is 457 g/mol. The molecule has 2 rings (SSSR count). The summed E-state index contributed by atoms with van der Waals surface area (Å²) in [6.45, 7) is 3.37. The number of sulfonamides is 1. The predicted molar refractivity (Wildman–Crippen MR) is 123 cm³/mol. The molecule has 174 valence electrons. The minimum absolute atomic E-state index is 0.0200. The Morgan fingerprint density at radius 1 is 1.16 bits per heavy atom. The predicted octanol–water partition coefficient (Wildman–Crippen LogP) is 3.19. The fourth-order valence-corrected chi connectivity index (χ4v) is 4.11. The average Bonchev–Trinajstić information content (AvgIpc) is 2.72. The molecular formula is C22H27ClFN3O4S. The normalized spacial score (nSPS) is 12.2. The Morgan fingerprint density at radius 3 is 2.44 bits per heavy atom. The van der Waals surface area contributed by atoms with Gasteiger partial charge in [-0.2, -0.15) is 0 Å². The van der Waals surface area contributed by atoms with Gasteiger partial charge in [-0.3, -0.25) is 13.9 Å². The Balaban J connectivity index is 2.37. The molecule has 1 atom stereocenters. The minimum atomic E-state index is -3.91. The van der Waals surface area contributed by atoms with Gasteiger partial charge in [-0.15, -0.1) is 0 Å². The number of halogens is 2. The lowest BCUT2D eigenvalue weighted by Crippen LogP contribution is -2.51. The molecule has 0 aromatic heterocycles. The van der Waals surface area contributed by atoms with Crippen molar-refractivity contribution in [3.8, 4) is 0 Å². The zero-order valence-electron chi connectivity index (χ0n) is 18.2. The van der Waals surface area contributed by atoms with Crippen LogP contribution in [0.25, 0.3) is 0 Å². The Morgan fingerprint density at radius 2 is 1.84 bits per heavy atom. The largest absolute Gasteiger partial charge is 0.354 e. The molecule has 0 unspecified atom stereocenters. The molecule has 0 aliphatic carbocycles. The Hall–Kier alpha value is -2.65. The van der Waals surface area contributed by atoms with Crippen molar-refractivity contribution in [3.63, 3.8) is 0 Å². The molecule has 2 aromatic rings. The van der Waals surface area contributed by atoms with E-state index in [2.05, 4.69) is 5.32 Å². The summed E-state index contributed by atoms with van der Waals surface area (Å²) < 4.78 is 39.3. The van der Waals surface area contributed by atoms with E-state index in [1.54, 1.807) is 31.2 Å². The molecule has 0 saturated carbocycles. The third-order valence-electron chi connectivity index (χ3n) is 4.73. The molecule has 0 saturated heterocycles. The number of hydrogen-bond donors (Lipinski definition) is 1. The second-order valence-corrected chi connectivity index (χ2v) is 9.71. The number of benzene rings is 2. The topological polar surface area (TPSA) is 86.8 Å². The van der Waals surface area contributed by atoms with Crippen LogP contribution in [0.4, 0.5) is 10.1 Å². The monoisotopic (exact) mass is 483 g/mol. The number of hydrogen-bond acceptors (Lipinski definition) is 4. The van der Waals surface area contributed by atoms with E-state index >= 15 is 0 Å². The first-order chi connectivity index (χ1) is 15.0. The van der Waals surface area contributed by atoms with Crippen LogP contribution in [-0.4, -0.2) is 50.5 Å². The van der Waals surface area contributed by atoms with Crippen molar-refractivity contribution >= 4 is 39.1 Å². The molecule has 2 aromatic carbocycles. The van der Waals surface area contributed by atoms with Crippen molar-refractivity contribution in [1.29, 1.82) is 0 Å². The summed E-state index contributed by atoms with van der Waals surface area (Å²) in [5.74, 6) is -1.61. The fourth-order valence-electron chi connectivity index (χ4n) is 3.06. The molecule has 0 radical (unpaired) electrons. The zero-order chi connectivity index (χ0) is 23.9. The van der Waals surface area contributed by atoms with Gasteiger partial charge in [0.1, 0.15) is 18.4 Å². The number of nitrogens with zero attached hydrogens (tertiary/aromatic N) is 2. The highest BCUT2D eigenvalue weighted by molar-refractivity contribution is 7.92. The van der Waals surface area contributed by atoms with E-state index in [-0.39, 0.29) is 18.1 Å². The Kier molecular flexibility index (Phi) is 9.03. The molecule has 0 spiro atoms. The van der Waals surface area contributed by atoms with E-state index in [0.717, 1.165) is 23.0 Å². The maximum atomic E-state index is 13.7. The third-order valence-corrected chi connectivity index (χ3v) is 6.11. The molecule has 0 aliphatic rings. The maximum Gasteiger partial charge on any atom is 0.244 e. The van der Waals surface area contributed by atoms with Gasteiger partial charge in [-0.1, -0.05) is 36.7 Å². The molecule has 0 fully saturated rings. The van der Waals surface area contributed by atoms with E-state index in [1.807, 2.05) is 6.92 Å². The van der Waals surface area contributed by atoms with E-state index in [9.17, 15) is 22.4 Å². The van der Waals surface area contributed by atoms with Crippen LogP contribution in [0.15, 0.2) is 48.5 Å². The molecule has 0 aliphatic heterocycles. The molecule has 10 heteroatoms. The minimum Gasteiger partial charge on any atom is -0.354 e. The first-order valence-corrected chi connectivity index (χ1v) is 12.3. The van der Waals surface area contributed by atoms with Gasteiger partial charge < -0.3 is 10.2 Å². The van der Waals surface area contributed by atoms with Gasteiger partial charge in [0.25, 0.3) is 0 Å². The zero-order valence-corrected chi connectivity index (χ0v) is 19.8. The lowest BCUT2D eigenvalue weighted by atomic mass is 10.1. The van der Waals surface area contributed by atoms with Gasteiger partial charge in [-0.05, 0) is 49.2 Å². The van der Waals surface area contributed by atoms with Crippen molar-refractivity contribution < 1.29 is 22.4 Å². The van der Waals surface area contributed by atoms with Crippen molar-refractivity contribution in [2.75, 3.05) is 23.7 Å². The molecule has 0 heterocycles. The quantitative estimate of drug-likeness (QED) is 0.562. The molecule has 32 heavy (non-hydrogen) atoms.